The number of anilines is 1. The number of ketones is 1. The molecule has 0 aromatic heterocycles. The molecule has 0 bridgehead atoms. The number of carbonyl (C=O) groups excluding carboxylic acids is 1. The molecule has 0 unspecified atom stereocenters. The molecule has 18 heavy (non-hydrogen) atoms. The number of nitrogens with zero attached hydrogens (tertiary/aromatic N) is 2. The van der Waals surface area contributed by atoms with E-state index in [-0.39, 0.29) is 10.5 Å². The molecule has 98 valence electrons. The van der Waals surface area contributed by atoms with Crippen LogP contribution in [0, 0.1) is 0 Å². The first-order valence-corrected chi connectivity index (χ1v) is 7.07. The van der Waals surface area contributed by atoms with Crippen LogP contribution in [0.3, 0.4) is 0 Å². The molecule has 0 amide bonds. The van der Waals surface area contributed by atoms with Gasteiger partial charge in [0, 0.05) is 37.4 Å². The average molecular weight is 282 g/mol. The summed E-state index contributed by atoms with van der Waals surface area (Å²) < 4.78 is 0.0206. The molecule has 0 aliphatic carbocycles. The van der Waals surface area contributed by atoms with Crippen molar-refractivity contribution in [1.82, 2.24) is 4.90 Å². The van der Waals surface area contributed by atoms with E-state index in [4.69, 9.17) is 0 Å². The Labute approximate surface area is 119 Å². The van der Waals surface area contributed by atoms with E-state index >= 15 is 0 Å². The van der Waals surface area contributed by atoms with Crippen molar-refractivity contribution in [2.45, 2.75) is 11.6 Å². The lowest BCUT2D eigenvalue weighted by molar-refractivity contribution is 0.101. The second-order valence-corrected chi connectivity index (χ2v) is 5.86. The Morgan fingerprint density at radius 3 is 2.11 bits per heavy atom. The smallest absolute Gasteiger partial charge is 0.159 e. The number of hydrogen-bond donors (Lipinski definition) is 2. The monoisotopic (exact) mass is 282 g/mol. The summed E-state index contributed by atoms with van der Waals surface area (Å²) in [5, 5.41) is 0. The zero-order valence-corrected chi connectivity index (χ0v) is 12.2. The van der Waals surface area contributed by atoms with Gasteiger partial charge in [0.05, 0.1) is 4.71 Å². The highest BCUT2D eigenvalue weighted by molar-refractivity contribution is 7.99. The van der Waals surface area contributed by atoms with Crippen molar-refractivity contribution in [3.63, 3.8) is 0 Å². The molecule has 1 aliphatic heterocycles. The fourth-order valence-corrected chi connectivity index (χ4v) is 2.58. The second-order valence-electron chi connectivity index (χ2n) is 4.47. The highest BCUT2D eigenvalue weighted by Gasteiger charge is 2.19. The summed E-state index contributed by atoms with van der Waals surface area (Å²) in [5.41, 5.74) is 1.94. The van der Waals surface area contributed by atoms with Crippen LogP contribution in [0.5, 0.6) is 0 Å². The molecule has 3 nitrogen and oxygen atoms in total. The number of benzene rings is 1. The summed E-state index contributed by atoms with van der Waals surface area (Å²) in [6.07, 6.45) is 0. The number of hydrogen-bond acceptors (Lipinski definition) is 5. The molecule has 0 atom stereocenters. The summed E-state index contributed by atoms with van der Waals surface area (Å²) in [5.74, 6) is 0.111. The highest BCUT2D eigenvalue weighted by atomic mass is 32.2. The first kappa shape index (κ1) is 13.8. The largest absolute Gasteiger partial charge is 0.369 e. The standard InChI is InChI=1S/C13H18N2OS2/c1-10(16)11-2-4-12(5-3-11)14-6-8-15(9-7-14)13(17)18/h2-5,13,17-18H,6-9H2,1H3. The van der Waals surface area contributed by atoms with Gasteiger partial charge in [-0.15, -0.1) is 25.3 Å². The Bertz CT molecular complexity index is 412. The molecule has 2 rings (SSSR count). The summed E-state index contributed by atoms with van der Waals surface area (Å²) >= 11 is 8.66. The van der Waals surface area contributed by atoms with Gasteiger partial charge in [-0.05, 0) is 31.2 Å². The quantitative estimate of drug-likeness (QED) is 0.504. The van der Waals surface area contributed by atoms with E-state index in [1.54, 1.807) is 6.92 Å². The van der Waals surface area contributed by atoms with Crippen molar-refractivity contribution in [2.24, 2.45) is 0 Å². The first-order chi connectivity index (χ1) is 8.58. The lowest BCUT2D eigenvalue weighted by atomic mass is 10.1. The van der Waals surface area contributed by atoms with E-state index in [0.29, 0.717) is 0 Å². The lowest BCUT2D eigenvalue weighted by Crippen LogP contribution is -2.47. The van der Waals surface area contributed by atoms with Crippen LogP contribution in [-0.2, 0) is 0 Å². The maximum atomic E-state index is 11.2. The Kier molecular flexibility index (Phi) is 4.59. The molecular formula is C13H18N2OS2. The van der Waals surface area contributed by atoms with Gasteiger partial charge in [-0.2, -0.15) is 0 Å². The van der Waals surface area contributed by atoms with Crippen LogP contribution in [-0.4, -0.2) is 41.6 Å². The van der Waals surface area contributed by atoms with Crippen molar-refractivity contribution < 1.29 is 4.79 Å². The summed E-state index contributed by atoms with van der Waals surface area (Å²) in [6.45, 7) is 5.46. The van der Waals surface area contributed by atoms with Crippen molar-refractivity contribution in [3.05, 3.63) is 29.8 Å². The van der Waals surface area contributed by atoms with Crippen LogP contribution >= 0.6 is 25.3 Å². The van der Waals surface area contributed by atoms with Gasteiger partial charge in [0.25, 0.3) is 0 Å². The Hall–Kier alpha value is -0.650. The molecule has 1 heterocycles. The maximum Gasteiger partial charge on any atom is 0.159 e. The van der Waals surface area contributed by atoms with Crippen LogP contribution < -0.4 is 4.90 Å². The normalized spacial score (nSPS) is 17.2. The van der Waals surface area contributed by atoms with E-state index in [1.807, 2.05) is 24.3 Å². The minimum atomic E-state index is 0.0206. The maximum absolute atomic E-state index is 11.2. The van der Waals surface area contributed by atoms with E-state index in [9.17, 15) is 4.79 Å². The van der Waals surface area contributed by atoms with Gasteiger partial charge in [-0.3, -0.25) is 9.69 Å². The summed E-state index contributed by atoms with van der Waals surface area (Å²) in [4.78, 5) is 15.8. The average Bonchev–Trinajstić information content (AvgIpc) is 2.39. The summed E-state index contributed by atoms with van der Waals surface area (Å²) in [7, 11) is 0. The second kappa shape index (κ2) is 5.99. The molecule has 1 fully saturated rings. The molecule has 5 heteroatoms. The number of carbonyl (C=O) groups is 1. The predicted molar refractivity (Wildman–Crippen MR) is 82.0 cm³/mol. The Morgan fingerprint density at radius 2 is 1.67 bits per heavy atom. The predicted octanol–water partition coefficient (Wildman–Crippen LogP) is 2.15. The number of rotatable bonds is 3. The molecule has 1 aromatic carbocycles. The molecule has 0 spiro atoms. The molecule has 1 aliphatic rings. The van der Waals surface area contributed by atoms with Crippen molar-refractivity contribution in [1.29, 1.82) is 0 Å². The van der Waals surface area contributed by atoms with Crippen LogP contribution in [0.1, 0.15) is 17.3 Å². The fourth-order valence-electron chi connectivity index (χ4n) is 2.12. The molecular weight excluding hydrogens is 264 g/mol. The van der Waals surface area contributed by atoms with Crippen molar-refractivity contribution in [2.75, 3.05) is 31.1 Å². The zero-order valence-electron chi connectivity index (χ0n) is 10.4. The first-order valence-electron chi connectivity index (χ1n) is 6.04. The van der Waals surface area contributed by atoms with Gasteiger partial charge < -0.3 is 4.90 Å². The van der Waals surface area contributed by atoms with Crippen LogP contribution in [0.4, 0.5) is 5.69 Å². The topological polar surface area (TPSA) is 23.6 Å². The van der Waals surface area contributed by atoms with Gasteiger partial charge in [0.2, 0.25) is 0 Å². The Balaban J connectivity index is 1.99. The van der Waals surface area contributed by atoms with Crippen molar-refractivity contribution >= 4 is 36.7 Å². The third-order valence-electron chi connectivity index (χ3n) is 3.28. The number of thiol groups is 2. The van der Waals surface area contributed by atoms with Crippen LogP contribution in [0.15, 0.2) is 24.3 Å². The minimum Gasteiger partial charge on any atom is -0.369 e. The molecule has 1 aromatic rings. The van der Waals surface area contributed by atoms with E-state index in [1.165, 1.54) is 5.69 Å². The van der Waals surface area contributed by atoms with Gasteiger partial charge in [-0.25, -0.2) is 0 Å². The van der Waals surface area contributed by atoms with Crippen LogP contribution in [0.2, 0.25) is 0 Å². The Morgan fingerprint density at radius 1 is 1.11 bits per heavy atom. The van der Waals surface area contributed by atoms with Gasteiger partial charge in [-0.1, -0.05) is 0 Å². The molecule has 0 radical (unpaired) electrons. The van der Waals surface area contributed by atoms with Gasteiger partial charge >= 0.3 is 0 Å². The number of piperazine rings is 1. The fraction of sp³-hybridized carbons (Fsp3) is 0.462. The van der Waals surface area contributed by atoms with Gasteiger partial charge in [0.15, 0.2) is 5.78 Å². The third kappa shape index (κ3) is 3.22. The SMILES string of the molecule is CC(=O)c1ccc(N2CCN(C(S)S)CC2)cc1. The van der Waals surface area contributed by atoms with Crippen molar-refractivity contribution in [3.8, 4) is 0 Å². The molecule has 0 saturated carbocycles. The van der Waals surface area contributed by atoms with E-state index < -0.39 is 0 Å². The summed E-state index contributed by atoms with van der Waals surface area (Å²) in [6, 6.07) is 7.82. The lowest BCUT2D eigenvalue weighted by Gasteiger charge is -2.37. The molecule has 1 saturated heterocycles. The minimum absolute atomic E-state index is 0.0206. The zero-order chi connectivity index (χ0) is 13.1. The molecule has 0 N–H and O–H groups in total. The van der Waals surface area contributed by atoms with E-state index in [2.05, 4.69) is 35.1 Å². The third-order valence-corrected chi connectivity index (χ3v) is 3.93. The van der Waals surface area contributed by atoms with E-state index in [0.717, 1.165) is 31.7 Å². The highest BCUT2D eigenvalue weighted by Crippen LogP contribution is 2.19. The van der Waals surface area contributed by atoms with Gasteiger partial charge in [0.1, 0.15) is 0 Å². The number of Topliss-reactive ketones (excluding diaryl/α,β-unsaturated/α-hetero) is 1. The van der Waals surface area contributed by atoms with Crippen LogP contribution in [0.25, 0.3) is 0 Å².